The van der Waals surface area contributed by atoms with Crippen LogP contribution in [0.3, 0.4) is 0 Å². The third kappa shape index (κ3) is 3.24. The number of hydrogen-bond acceptors (Lipinski definition) is 1. The summed E-state index contributed by atoms with van der Waals surface area (Å²) in [6.45, 7) is 1.04. The molecule has 0 fully saturated rings. The van der Waals surface area contributed by atoms with Crippen molar-refractivity contribution in [3.8, 4) is 0 Å². The zero-order valence-corrected chi connectivity index (χ0v) is 22.3. The van der Waals surface area contributed by atoms with E-state index in [2.05, 4.69) is 123 Å². The molecule has 180 valence electrons. The van der Waals surface area contributed by atoms with Crippen molar-refractivity contribution in [3.63, 3.8) is 0 Å². The molecule has 1 aliphatic heterocycles. The summed E-state index contributed by atoms with van der Waals surface area (Å²) in [5.41, 5.74) is 3.96. The molecule has 1 aliphatic carbocycles. The van der Waals surface area contributed by atoms with Crippen molar-refractivity contribution in [2.45, 2.75) is 26.4 Å². The van der Waals surface area contributed by atoms with Crippen molar-refractivity contribution in [1.29, 1.82) is 0 Å². The van der Waals surface area contributed by atoms with Crippen LogP contribution in [0.5, 0.6) is 0 Å². The summed E-state index contributed by atoms with van der Waals surface area (Å²) in [7, 11) is 0. The maximum absolute atomic E-state index is 7.83. The predicted octanol–water partition coefficient (Wildman–Crippen LogP) is 8.10. The van der Waals surface area contributed by atoms with Gasteiger partial charge >= 0.3 is 220 Å². The van der Waals surface area contributed by atoms with Crippen LogP contribution in [-0.2, 0) is 4.52 Å². The second-order valence-corrected chi connectivity index (χ2v) is 14.7. The van der Waals surface area contributed by atoms with E-state index in [4.69, 9.17) is 16.1 Å². The van der Waals surface area contributed by atoms with Crippen molar-refractivity contribution in [1.82, 2.24) is 0 Å². The van der Waals surface area contributed by atoms with E-state index in [-0.39, 0.29) is 6.10 Å². The van der Waals surface area contributed by atoms with Gasteiger partial charge in [-0.05, 0) is 0 Å². The molecule has 3 heteroatoms. The minimum absolute atomic E-state index is 0.151. The van der Waals surface area contributed by atoms with Crippen molar-refractivity contribution in [3.05, 3.63) is 148 Å². The maximum atomic E-state index is 7.83. The molecule has 1 nitrogen and oxygen atoms in total. The molecule has 0 aromatic heterocycles. The third-order valence-electron chi connectivity index (χ3n) is 8.01. The van der Waals surface area contributed by atoms with Crippen molar-refractivity contribution in [2.75, 3.05) is 0 Å². The molecule has 0 radical (unpaired) electrons. The summed E-state index contributed by atoms with van der Waals surface area (Å²) in [6, 6.07) is 41.0. The van der Waals surface area contributed by atoms with Gasteiger partial charge in [-0.25, -0.2) is 0 Å². The number of hydrogen-bond donors (Lipinski definition) is 0. The molecule has 4 aromatic rings. The van der Waals surface area contributed by atoms with Gasteiger partial charge in [0.25, 0.3) is 0 Å². The molecule has 0 saturated carbocycles. The standard InChI is InChI=1S/C33H30ClOP/c1-24-22-31-32(23-25(24)2)36(28-12-6-3-7-13-28,29-14-8-4-9-15-29,30-16-10-5-11-17-30)35-33(31)26-18-20-27(34)21-19-26/h3-21,23-24,33H,22H2,1-2H3. The summed E-state index contributed by atoms with van der Waals surface area (Å²) in [5.74, 6) is 0.463. The van der Waals surface area contributed by atoms with Gasteiger partial charge in [0.15, 0.2) is 0 Å². The number of rotatable bonds is 4. The molecule has 0 bridgehead atoms. The summed E-state index contributed by atoms with van der Waals surface area (Å²) >= 11 is 6.31. The van der Waals surface area contributed by atoms with Gasteiger partial charge in [-0.15, -0.1) is 0 Å². The first kappa shape index (κ1) is 23.4. The second kappa shape index (κ2) is 8.86. The molecule has 2 aliphatic rings. The quantitative estimate of drug-likeness (QED) is 0.253. The number of allylic oxidation sites excluding steroid dienone is 3. The fourth-order valence-electron chi connectivity index (χ4n) is 6.10. The van der Waals surface area contributed by atoms with E-state index in [1.54, 1.807) is 0 Å². The molecule has 2 atom stereocenters. The third-order valence-corrected chi connectivity index (χ3v) is 14.1. The number of halogens is 1. The van der Waals surface area contributed by atoms with Crippen LogP contribution in [0.2, 0.25) is 5.02 Å². The van der Waals surface area contributed by atoms with Gasteiger partial charge in [-0.1, -0.05) is 0 Å². The van der Waals surface area contributed by atoms with Crippen LogP contribution >= 0.6 is 18.4 Å². The fraction of sp³-hybridized carbons (Fsp3) is 0.152. The van der Waals surface area contributed by atoms with E-state index in [1.165, 1.54) is 32.4 Å². The Hall–Kier alpha value is -2.96. The Morgan fingerprint density at radius 3 is 1.64 bits per heavy atom. The summed E-state index contributed by atoms with van der Waals surface area (Å²) in [5, 5.41) is 5.82. The van der Waals surface area contributed by atoms with Gasteiger partial charge in [-0.3, -0.25) is 0 Å². The Morgan fingerprint density at radius 2 is 1.17 bits per heavy atom. The van der Waals surface area contributed by atoms with Crippen LogP contribution in [0.25, 0.3) is 0 Å². The molecule has 0 N–H and O–H groups in total. The zero-order valence-electron chi connectivity index (χ0n) is 20.6. The van der Waals surface area contributed by atoms with Gasteiger partial charge in [0.05, 0.1) is 0 Å². The Morgan fingerprint density at radius 1 is 0.694 bits per heavy atom. The van der Waals surface area contributed by atoms with Crippen LogP contribution in [0.4, 0.5) is 0 Å². The predicted molar refractivity (Wildman–Crippen MR) is 155 cm³/mol. The van der Waals surface area contributed by atoms with Crippen LogP contribution in [-0.4, -0.2) is 0 Å². The molecule has 2 unspecified atom stereocenters. The van der Waals surface area contributed by atoms with E-state index in [0.717, 1.165) is 17.0 Å². The molecular formula is C33H30ClOP. The summed E-state index contributed by atoms with van der Waals surface area (Å²) < 4.78 is 7.83. The van der Waals surface area contributed by atoms with Crippen LogP contribution in [0, 0.1) is 5.92 Å². The van der Waals surface area contributed by atoms with Gasteiger partial charge in [0.1, 0.15) is 0 Å². The Labute approximate surface area is 219 Å². The molecule has 4 aromatic carbocycles. The molecule has 0 saturated heterocycles. The SMILES string of the molecule is CC1=CC2=C(CC1C)C(c1ccc(Cl)cc1)OP2(c1ccccc1)(c1ccccc1)c1ccccc1. The second-order valence-electron chi connectivity index (χ2n) is 9.98. The monoisotopic (exact) mass is 508 g/mol. The van der Waals surface area contributed by atoms with E-state index < -0.39 is 6.83 Å². The van der Waals surface area contributed by atoms with E-state index >= 15 is 0 Å². The first-order valence-electron chi connectivity index (χ1n) is 12.6. The first-order valence-corrected chi connectivity index (χ1v) is 15.1. The van der Waals surface area contributed by atoms with Gasteiger partial charge in [0, 0.05) is 0 Å². The Kier molecular flexibility index (Phi) is 5.77. The molecule has 1 heterocycles. The topological polar surface area (TPSA) is 9.23 Å². The first-order chi connectivity index (χ1) is 17.5. The minimum atomic E-state index is -3.57. The van der Waals surface area contributed by atoms with E-state index in [1.807, 2.05) is 12.1 Å². The number of benzene rings is 4. The van der Waals surface area contributed by atoms with Crippen LogP contribution in [0.1, 0.15) is 31.9 Å². The molecule has 36 heavy (non-hydrogen) atoms. The normalized spacial score (nSPS) is 23.3. The van der Waals surface area contributed by atoms with Crippen LogP contribution < -0.4 is 15.9 Å². The average Bonchev–Trinajstić information content (AvgIpc) is 3.23. The van der Waals surface area contributed by atoms with E-state index in [9.17, 15) is 0 Å². The zero-order chi connectivity index (χ0) is 24.8. The van der Waals surface area contributed by atoms with Crippen LogP contribution in [0.15, 0.2) is 138 Å². The molecule has 0 spiro atoms. The Bertz CT molecular complexity index is 1360. The van der Waals surface area contributed by atoms with Gasteiger partial charge in [-0.2, -0.15) is 0 Å². The van der Waals surface area contributed by atoms with Gasteiger partial charge < -0.3 is 0 Å². The molecular weight excluding hydrogens is 479 g/mol. The average molecular weight is 509 g/mol. The fourth-order valence-corrected chi connectivity index (χ4v) is 12.5. The van der Waals surface area contributed by atoms with Crippen molar-refractivity contribution < 1.29 is 4.52 Å². The van der Waals surface area contributed by atoms with Gasteiger partial charge in [0.2, 0.25) is 0 Å². The van der Waals surface area contributed by atoms with E-state index in [0.29, 0.717) is 5.92 Å². The van der Waals surface area contributed by atoms with Crippen molar-refractivity contribution in [2.24, 2.45) is 5.92 Å². The van der Waals surface area contributed by atoms with Crippen molar-refractivity contribution >= 4 is 34.3 Å². The summed E-state index contributed by atoms with van der Waals surface area (Å²) in [4.78, 5) is 0. The molecule has 0 amide bonds. The molecule has 6 rings (SSSR count). The summed E-state index contributed by atoms with van der Waals surface area (Å²) in [6.07, 6.45) is 3.29. The Balaban J connectivity index is 1.80.